The lowest BCUT2D eigenvalue weighted by molar-refractivity contribution is 0.0470. The summed E-state index contributed by atoms with van der Waals surface area (Å²) in [6.07, 6.45) is 1.16. The fourth-order valence-corrected chi connectivity index (χ4v) is 3.38. The highest BCUT2D eigenvalue weighted by atomic mass is 35.5. The predicted molar refractivity (Wildman–Crippen MR) is 106 cm³/mol. The summed E-state index contributed by atoms with van der Waals surface area (Å²) in [4.78, 5) is 0. The van der Waals surface area contributed by atoms with Gasteiger partial charge in [-0.3, -0.25) is 0 Å². The van der Waals surface area contributed by atoms with E-state index in [-0.39, 0.29) is 30.2 Å². The van der Waals surface area contributed by atoms with Gasteiger partial charge in [0, 0.05) is 31.7 Å². The molecule has 1 fully saturated rings. The highest BCUT2D eigenvalue weighted by molar-refractivity contribution is 5.85. The second kappa shape index (κ2) is 10.6. The van der Waals surface area contributed by atoms with Crippen molar-refractivity contribution < 1.29 is 19.0 Å². The van der Waals surface area contributed by atoms with Crippen molar-refractivity contribution in [2.45, 2.75) is 24.4 Å². The molecule has 2 N–H and O–H groups in total. The number of hydrogen-bond donors (Lipinski definition) is 2. The molecule has 0 bridgehead atoms. The lowest BCUT2D eigenvalue weighted by atomic mass is 9.74. The van der Waals surface area contributed by atoms with Crippen LogP contribution in [0.15, 0.2) is 54.6 Å². The van der Waals surface area contributed by atoms with Gasteiger partial charge in [-0.2, -0.15) is 0 Å². The highest BCUT2D eigenvalue weighted by Gasteiger charge is 2.34. The second-order valence-electron chi connectivity index (χ2n) is 6.81. The third-order valence-electron chi connectivity index (χ3n) is 4.94. The normalized spacial score (nSPS) is 17.0. The van der Waals surface area contributed by atoms with Gasteiger partial charge in [0.05, 0.1) is 0 Å². The molecule has 0 aromatic heterocycles. The number of aliphatic hydroxyl groups is 1. The number of rotatable bonds is 8. The Morgan fingerprint density at radius 3 is 2.41 bits per heavy atom. The molecule has 0 spiro atoms. The Labute approximate surface area is 166 Å². The van der Waals surface area contributed by atoms with Gasteiger partial charge < -0.3 is 19.9 Å². The Morgan fingerprint density at radius 1 is 1.07 bits per heavy atom. The van der Waals surface area contributed by atoms with Crippen LogP contribution in [-0.2, 0) is 10.2 Å². The Morgan fingerprint density at radius 2 is 1.74 bits per heavy atom. The first kappa shape index (κ1) is 21.6. The van der Waals surface area contributed by atoms with Crippen molar-refractivity contribution in [3.63, 3.8) is 0 Å². The summed E-state index contributed by atoms with van der Waals surface area (Å²) < 4.78 is 24.4. The van der Waals surface area contributed by atoms with Gasteiger partial charge in [0.15, 0.2) is 0 Å². The van der Waals surface area contributed by atoms with Gasteiger partial charge in [0.2, 0.25) is 0 Å². The first-order valence-electron chi connectivity index (χ1n) is 9.08. The molecule has 0 aliphatic carbocycles. The fraction of sp³-hybridized carbons (Fsp3) is 0.429. The van der Waals surface area contributed by atoms with Crippen molar-refractivity contribution in [1.82, 2.24) is 5.32 Å². The summed E-state index contributed by atoms with van der Waals surface area (Å²) in [5, 5.41) is 13.5. The monoisotopic (exact) mass is 395 g/mol. The average molecular weight is 396 g/mol. The molecule has 0 amide bonds. The number of aliphatic hydroxyl groups excluding tert-OH is 1. The van der Waals surface area contributed by atoms with E-state index in [2.05, 4.69) is 5.32 Å². The van der Waals surface area contributed by atoms with E-state index < -0.39 is 6.10 Å². The van der Waals surface area contributed by atoms with Crippen LogP contribution in [0.3, 0.4) is 0 Å². The number of benzene rings is 2. The topological polar surface area (TPSA) is 50.7 Å². The van der Waals surface area contributed by atoms with Crippen LogP contribution in [0.5, 0.6) is 5.75 Å². The van der Waals surface area contributed by atoms with Crippen molar-refractivity contribution in [3.8, 4) is 5.75 Å². The summed E-state index contributed by atoms with van der Waals surface area (Å²) in [6.45, 7) is 2.78. The minimum Gasteiger partial charge on any atom is -0.491 e. The average Bonchev–Trinajstić information content (AvgIpc) is 2.68. The van der Waals surface area contributed by atoms with Gasteiger partial charge in [-0.1, -0.05) is 30.3 Å². The van der Waals surface area contributed by atoms with Gasteiger partial charge >= 0.3 is 0 Å². The highest BCUT2D eigenvalue weighted by Crippen LogP contribution is 2.34. The van der Waals surface area contributed by atoms with Crippen LogP contribution in [0, 0.1) is 5.82 Å². The lowest BCUT2D eigenvalue weighted by Crippen LogP contribution is -2.45. The molecule has 1 heterocycles. The van der Waals surface area contributed by atoms with E-state index >= 15 is 0 Å². The predicted octanol–water partition coefficient (Wildman–Crippen LogP) is 3.33. The largest absolute Gasteiger partial charge is 0.491 e. The maximum atomic E-state index is 13.3. The van der Waals surface area contributed by atoms with Crippen molar-refractivity contribution in [2.75, 3.05) is 32.9 Å². The molecule has 6 heteroatoms. The maximum Gasteiger partial charge on any atom is 0.123 e. The maximum absolute atomic E-state index is 13.3. The molecular formula is C21H27ClFNO3. The van der Waals surface area contributed by atoms with Crippen molar-refractivity contribution in [3.05, 3.63) is 66.0 Å². The van der Waals surface area contributed by atoms with E-state index in [4.69, 9.17) is 9.47 Å². The van der Waals surface area contributed by atoms with Crippen LogP contribution in [0.2, 0.25) is 0 Å². The lowest BCUT2D eigenvalue weighted by Gasteiger charge is -2.38. The van der Waals surface area contributed by atoms with Gasteiger partial charge in [0.25, 0.3) is 0 Å². The Kier molecular flexibility index (Phi) is 8.51. The standard InChI is InChI=1S/C21H26FNO3.ClH/c22-18-8-6-17(7-9-18)21(10-12-25-13-11-21)16-23-14-19(24)15-26-20-4-2-1-3-5-20;/h1-9,19,23-24H,10-16H2;1H. The zero-order chi connectivity index (χ0) is 18.2. The fourth-order valence-electron chi connectivity index (χ4n) is 3.38. The molecule has 148 valence electrons. The van der Waals surface area contributed by atoms with Gasteiger partial charge in [0.1, 0.15) is 24.3 Å². The van der Waals surface area contributed by atoms with Crippen LogP contribution in [-0.4, -0.2) is 44.1 Å². The first-order chi connectivity index (χ1) is 12.7. The van der Waals surface area contributed by atoms with Crippen LogP contribution in [0.1, 0.15) is 18.4 Å². The van der Waals surface area contributed by atoms with Crippen LogP contribution >= 0.6 is 12.4 Å². The first-order valence-corrected chi connectivity index (χ1v) is 9.08. The Hall–Kier alpha value is -1.66. The summed E-state index contributed by atoms with van der Waals surface area (Å²) in [5.41, 5.74) is 1.02. The SMILES string of the molecule is Cl.OC(CNCC1(c2ccc(F)cc2)CCOCC1)COc1ccccc1. The molecule has 0 saturated carbocycles. The minimum atomic E-state index is -0.597. The molecule has 2 aromatic carbocycles. The minimum absolute atomic E-state index is 0. The molecule has 3 rings (SSSR count). The van der Waals surface area contributed by atoms with E-state index in [1.807, 2.05) is 42.5 Å². The molecule has 2 aromatic rings. The third-order valence-corrected chi connectivity index (χ3v) is 4.94. The molecule has 1 aliphatic rings. The Bertz CT molecular complexity index is 663. The summed E-state index contributed by atoms with van der Waals surface area (Å²) in [6, 6.07) is 16.2. The van der Waals surface area contributed by atoms with Crippen LogP contribution < -0.4 is 10.1 Å². The zero-order valence-electron chi connectivity index (χ0n) is 15.3. The van der Waals surface area contributed by atoms with Gasteiger partial charge in [-0.05, 0) is 42.7 Å². The number of halogens is 2. The number of nitrogens with one attached hydrogen (secondary N) is 1. The van der Waals surface area contributed by atoms with Crippen molar-refractivity contribution in [1.29, 1.82) is 0 Å². The van der Waals surface area contributed by atoms with E-state index in [0.717, 1.165) is 24.2 Å². The number of ether oxygens (including phenoxy) is 2. The molecule has 1 saturated heterocycles. The smallest absolute Gasteiger partial charge is 0.123 e. The molecule has 1 unspecified atom stereocenters. The second-order valence-corrected chi connectivity index (χ2v) is 6.81. The molecule has 27 heavy (non-hydrogen) atoms. The molecule has 4 nitrogen and oxygen atoms in total. The summed E-state index contributed by atoms with van der Waals surface area (Å²) in [7, 11) is 0. The van der Waals surface area contributed by atoms with E-state index in [9.17, 15) is 9.50 Å². The molecule has 1 atom stereocenters. The van der Waals surface area contributed by atoms with Crippen LogP contribution in [0.4, 0.5) is 4.39 Å². The summed E-state index contributed by atoms with van der Waals surface area (Å²) >= 11 is 0. The van der Waals surface area contributed by atoms with Gasteiger partial charge in [-0.15, -0.1) is 12.4 Å². The van der Waals surface area contributed by atoms with Crippen molar-refractivity contribution >= 4 is 12.4 Å². The van der Waals surface area contributed by atoms with Crippen molar-refractivity contribution in [2.24, 2.45) is 0 Å². The van der Waals surface area contributed by atoms with Crippen LogP contribution in [0.25, 0.3) is 0 Å². The third kappa shape index (κ3) is 6.18. The summed E-state index contributed by atoms with van der Waals surface area (Å²) in [5.74, 6) is 0.524. The molecule has 1 aliphatic heterocycles. The molecule has 0 radical (unpaired) electrons. The Balaban J connectivity index is 0.00000261. The quantitative estimate of drug-likeness (QED) is 0.720. The molecular weight excluding hydrogens is 369 g/mol. The van der Waals surface area contributed by atoms with E-state index in [1.165, 1.54) is 12.1 Å². The zero-order valence-corrected chi connectivity index (χ0v) is 16.1. The van der Waals surface area contributed by atoms with Gasteiger partial charge in [-0.25, -0.2) is 4.39 Å². The number of para-hydroxylation sites is 1. The van der Waals surface area contributed by atoms with E-state index in [0.29, 0.717) is 26.3 Å². The number of hydrogen-bond acceptors (Lipinski definition) is 4. The van der Waals surface area contributed by atoms with E-state index in [1.54, 1.807) is 0 Å².